The number of hydrazone groups is 1. The van der Waals surface area contributed by atoms with E-state index in [4.69, 9.17) is 21.7 Å². The predicted octanol–water partition coefficient (Wildman–Crippen LogP) is 4.68. The summed E-state index contributed by atoms with van der Waals surface area (Å²) in [5.41, 5.74) is 5.51. The number of rotatable bonds is 6. The highest BCUT2D eigenvalue weighted by Gasteiger charge is 2.12. The maximum absolute atomic E-state index is 12.9. The minimum atomic E-state index is -0.474. The molecule has 158 valence electrons. The van der Waals surface area contributed by atoms with Gasteiger partial charge in [-0.05, 0) is 79.3 Å². The summed E-state index contributed by atoms with van der Waals surface area (Å²) in [7, 11) is 1.49. The minimum Gasteiger partial charge on any atom is -0.493 e. The molecule has 0 aliphatic heterocycles. The number of ether oxygens (including phenoxy) is 2. The van der Waals surface area contributed by atoms with Crippen molar-refractivity contribution in [2.45, 2.75) is 6.92 Å². The quantitative estimate of drug-likeness (QED) is 0.192. The summed E-state index contributed by atoms with van der Waals surface area (Å²) in [6.45, 7) is 1.94. The fraction of sp³-hybridized carbons (Fsp3) is 0.0870. The van der Waals surface area contributed by atoms with E-state index < -0.39 is 5.97 Å². The van der Waals surface area contributed by atoms with Crippen LogP contribution in [0.1, 0.15) is 21.5 Å². The molecule has 0 aromatic heterocycles. The van der Waals surface area contributed by atoms with Crippen LogP contribution in [0.4, 0.5) is 10.1 Å². The number of esters is 1. The molecule has 2 N–H and O–H groups in total. The minimum absolute atomic E-state index is 0.249. The van der Waals surface area contributed by atoms with Crippen molar-refractivity contribution in [2.24, 2.45) is 5.10 Å². The van der Waals surface area contributed by atoms with Gasteiger partial charge in [0.25, 0.3) is 0 Å². The van der Waals surface area contributed by atoms with E-state index in [1.165, 1.54) is 25.5 Å². The van der Waals surface area contributed by atoms with Crippen LogP contribution in [0.25, 0.3) is 0 Å². The van der Waals surface area contributed by atoms with E-state index in [1.807, 2.05) is 19.1 Å². The molecule has 3 aromatic rings. The van der Waals surface area contributed by atoms with Gasteiger partial charge in [-0.2, -0.15) is 5.10 Å². The van der Waals surface area contributed by atoms with E-state index in [0.29, 0.717) is 28.3 Å². The molecule has 3 aromatic carbocycles. The van der Waals surface area contributed by atoms with Crippen LogP contribution >= 0.6 is 12.2 Å². The Morgan fingerprint density at radius 1 is 1.03 bits per heavy atom. The van der Waals surface area contributed by atoms with E-state index in [-0.39, 0.29) is 10.9 Å². The Balaban J connectivity index is 1.61. The van der Waals surface area contributed by atoms with Crippen LogP contribution in [0.2, 0.25) is 0 Å². The fourth-order valence-corrected chi connectivity index (χ4v) is 2.73. The smallest absolute Gasteiger partial charge is 0.343 e. The molecule has 6 nitrogen and oxygen atoms in total. The number of hydrogen-bond donors (Lipinski definition) is 2. The number of carbonyl (C=O) groups excluding carboxylic acids is 1. The molecule has 0 atom stereocenters. The van der Waals surface area contributed by atoms with E-state index >= 15 is 0 Å². The molecule has 8 heteroatoms. The van der Waals surface area contributed by atoms with Crippen LogP contribution in [0.3, 0.4) is 0 Å². The van der Waals surface area contributed by atoms with E-state index in [0.717, 1.165) is 5.56 Å². The van der Waals surface area contributed by atoms with Gasteiger partial charge in [-0.25, -0.2) is 9.18 Å². The number of nitrogens with zero attached hydrogens (tertiary/aromatic N) is 1. The average Bonchev–Trinajstić information content (AvgIpc) is 2.76. The van der Waals surface area contributed by atoms with Gasteiger partial charge in [-0.15, -0.1) is 0 Å². The van der Waals surface area contributed by atoms with E-state index in [2.05, 4.69) is 15.8 Å². The topological polar surface area (TPSA) is 71.9 Å². The third-order valence-electron chi connectivity index (χ3n) is 4.16. The van der Waals surface area contributed by atoms with Gasteiger partial charge in [0.15, 0.2) is 16.6 Å². The lowest BCUT2D eigenvalue weighted by molar-refractivity contribution is 0.0729. The Bertz CT molecular complexity index is 1100. The molecule has 0 saturated heterocycles. The molecule has 0 unspecified atom stereocenters. The molecule has 0 aliphatic rings. The van der Waals surface area contributed by atoms with Crippen molar-refractivity contribution in [2.75, 3.05) is 12.4 Å². The molecule has 31 heavy (non-hydrogen) atoms. The number of benzene rings is 3. The number of methoxy groups -OCH3 is 1. The number of hydrogen-bond acceptors (Lipinski definition) is 5. The van der Waals surface area contributed by atoms with Crippen LogP contribution in [-0.2, 0) is 0 Å². The molecule has 0 spiro atoms. The maximum Gasteiger partial charge on any atom is 0.343 e. The van der Waals surface area contributed by atoms with E-state index in [9.17, 15) is 9.18 Å². The highest BCUT2D eigenvalue weighted by Crippen LogP contribution is 2.28. The Morgan fingerprint density at radius 3 is 2.42 bits per heavy atom. The zero-order valence-electron chi connectivity index (χ0n) is 16.9. The Labute approximate surface area is 184 Å². The number of anilines is 1. The average molecular weight is 437 g/mol. The van der Waals surface area contributed by atoms with Gasteiger partial charge in [0, 0.05) is 5.69 Å². The highest BCUT2D eigenvalue weighted by atomic mass is 32.1. The van der Waals surface area contributed by atoms with Crippen molar-refractivity contribution in [3.05, 3.63) is 89.2 Å². The standard InChI is InChI=1S/C23H20FN3O3S/c1-15-3-6-17(7-4-15)22(28)30-20-12-5-16(13-21(20)29-2)14-25-27-23(31)26-19-10-8-18(24)9-11-19/h3-14H,1-2H3,(H2,26,27,31). The summed E-state index contributed by atoms with van der Waals surface area (Å²) in [5.74, 6) is -0.119. The van der Waals surface area contributed by atoms with Gasteiger partial charge in [0.1, 0.15) is 5.82 Å². The molecule has 3 rings (SSSR count). The maximum atomic E-state index is 12.9. The van der Waals surface area contributed by atoms with Crippen LogP contribution in [0.15, 0.2) is 71.8 Å². The zero-order valence-corrected chi connectivity index (χ0v) is 17.7. The van der Waals surface area contributed by atoms with Gasteiger partial charge in [0.05, 0.1) is 18.9 Å². The zero-order chi connectivity index (χ0) is 22.2. The summed E-state index contributed by atoms with van der Waals surface area (Å²) >= 11 is 5.14. The van der Waals surface area contributed by atoms with Crippen LogP contribution in [0.5, 0.6) is 11.5 Å². The molecule has 0 bridgehead atoms. The second kappa shape index (κ2) is 10.3. The van der Waals surface area contributed by atoms with Gasteiger partial charge < -0.3 is 14.8 Å². The number of halogens is 1. The molecule has 0 aliphatic carbocycles. The molecule has 0 saturated carbocycles. The van der Waals surface area contributed by atoms with Crippen LogP contribution < -0.4 is 20.2 Å². The van der Waals surface area contributed by atoms with Crippen molar-refractivity contribution in [3.63, 3.8) is 0 Å². The summed E-state index contributed by atoms with van der Waals surface area (Å²) in [6.07, 6.45) is 1.53. The molecule has 0 heterocycles. The van der Waals surface area contributed by atoms with Crippen molar-refractivity contribution in [3.8, 4) is 11.5 Å². The normalized spacial score (nSPS) is 10.5. The fourth-order valence-electron chi connectivity index (χ4n) is 2.55. The Morgan fingerprint density at radius 2 is 1.74 bits per heavy atom. The molecular formula is C23H20FN3O3S. The first-order chi connectivity index (χ1) is 14.9. The number of aryl methyl sites for hydroxylation is 1. The third-order valence-corrected chi connectivity index (χ3v) is 4.35. The lowest BCUT2D eigenvalue weighted by Gasteiger charge is -2.10. The molecule has 0 radical (unpaired) electrons. The first kappa shape index (κ1) is 21.9. The number of carbonyl (C=O) groups is 1. The Hall–Kier alpha value is -3.78. The largest absolute Gasteiger partial charge is 0.493 e. The molecule has 0 amide bonds. The summed E-state index contributed by atoms with van der Waals surface area (Å²) in [6, 6.07) is 17.9. The van der Waals surface area contributed by atoms with E-state index in [1.54, 1.807) is 42.5 Å². The third kappa shape index (κ3) is 6.35. The summed E-state index contributed by atoms with van der Waals surface area (Å²) in [5, 5.41) is 7.19. The predicted molar refractivity (Wildman–Crippen MR) is 122 cm³/mol. The van der Waals surface area contributed by atoms with Crippen LogP contribution in [0, 0.1) is 12.7 Å². The first-order valence-corrected chi connectivity index (χ1v) is 9.68. The van der Waals surface area contributed by atoms with Crippen molar-refractivity contribution < 1.29 is 18.7 Å². The SMILES string of the molecule is COc1cc(C=NNC(=S)Nc2ccc(F)cc2)ccc1OC(=O)c1ccc(C)cc1. The number of nitrogens with one attached hydrogen (secondary N) is 2. The van der Waals surface area contributed by atoms with Gasteiger partial charge in [-0.3, -0.25) is 5.43 Å². The summed E-state index contributed by atoms with van der Waals surface area (Å²) < 4.78 is 23.7. The van der Waals surface area contributed by atoms with Gasteiger partial charge in [-0.1, -0.05) is 17.7 Å². The van der Waals surface area contributed by atoms with Gasteiger partial charge in [0.2, 0.25) is 0 Å². The van der Waals surface area contributed by atoms with Gasteiger partial charge >= 0.3 is 5.97 Å². The monoisotopic (exact) mass is 437 g/mol. The number of thiocarbonyl (C=S) groups is 1. The molecule has 0 fully saturated rings. The highest BCUT2D eigenvalue weighted by molar-refractivity contribution is 7.80. The van der Waals surface area contributed by atoms with Crippen molar-refractivity contribution in [1.82, 2.24) is 5.43 Å². The lowest BCUT2D eigenvalue weighted by atomic mass is 10.1. The van der Waals surface area contributed by atoms with Crippen molar-refractivity contribution in [1.29, 1.82) is 0 Å². The lowest BCUT2D eigenvalue weighted by Crippen LogP contribution is -2.23. The second-order valence-corrected chi connectivity index (χ2v) is 6.91. The van der Waals surface area contributed by atoms with Crippen molar-refractivity contribution >= 4 is 35.2 Å². The Kier molecular flexibility index (Phi) is 7.29. The first-order valence-electron chi connectivity index (χ1n) is 9.27. The molecular weight excluding hydrogens is 417 g/mol. The van der Waals surface area contributed by atoms with Crippen LogP contribution in [-0.4, -0.2) is 24.4 Å². The summed E-state index contributed by atoms with van der Waals surface area (Å²) in [4.78, 5) is 12.3. The second-order valence-electron chi connectivity index (χ2n) is 6.50.